The van der Waals surface area contributed by atoms with Crippen LogP contribution in [0, 0.1) is 0 Å². The number of rotatable bonds is 4. The fourth-order valence-corrected chi connectivity index (χ4v) is 2.61. The summed E-state index contributed by atoms with van der Waals surface area (Å²) in [5, 5.41) is 0. The van der Waals surface area contributed by atoms with E-state index in [2.05, 4.69) is 38.7 Å². The van der Waals surface area contributed by atoms with Crippen LogP contribution in [0.25, 0.3) is 0 Å². The number of allylic oxidation sites excluding steroid dienone is 1. The van der Waals surface area contributed by atoms with E-state index in [1.165, 1.54) is 37.9 Å². The minimum Gasteiger partial charge on any atom is -0.323 e. The highest BCUT2D eigenvalue weighted by molar-refractivity contribution is 5.10. The molecule has 0 bridgehead atoms. The van der Waals surface area contributed by atoms with Crippen LogP contribution in [0.2, 0.25) is 0 Å². The third-order valence-corrected chi connectivity index (χ3v) is 4.03. The van der Waals surface area contributed by atoms with Crippen molar-refractivity contribution in [3.63, 3.8) is 0 Å². The van der Waals surface area contributed by atoms with Crippen LogP contribution in [0.15, 0.2) is 11.6 Å². The summed E-state index contributed by atoms with van der Waals surface area (Å²) < 4.78 is 0. The minimum absolute atomic E-state index is 0.137. The van der Waals surface area contributed by atoms with Gasteiger partial charge < -0.3 is 5.73 Å². The van der Waals surface area contributed by atoms with Crippen LogP contribution in [0.4, 0.5) is 0 Å². The van der Waals surface area contributed by atoms with Crippen molar-refractivity contribution in [3.8, 4) is 0 Å². The average Bonchev–Trinajstić information content (AvgIpc) is 2.28. The lowest BCUT2D eigenvalue weighted by atomic mass is 9.85. The number of piperidine rings is 1. The first-order chi connectivity index (χ1) is 7.50. The molecule has 2 unspecified atom stereocenters. The number of hydrogen-bond donors (Lipinski definition) is 1. The normalized spacial score (nSPS) is 23.6. The largest absolute Gasteiger partial charge is 0.323 e. The molecule has 1 heterocycles. The molecule has 94 valence electrons. The molecule has 0 aromatic heterocycles. The van der Waals surface area contributed by atoms with Gasteiger partial charge in [0, 0.05) is 11.6 Å². The van der Waals surface area contributed by atoms with Crippen molar-refractivity contribution >= 4 is 0 Å². The molecule has 1 aliphatic heterocycles. The van der Waals surface area contributed by atoms with Gasteiger partial charge in [-0.1, -0.05) is 25.0 Å². The van der Waals surface area contributed by atoms with E-state index in [9.17, 15) is 0 Å². The maximum absolute atomic E-state index is 6.38. The molecule has 1 fully saturated rings. The molecule has 0 saturated carbocycles. The Bertz CT molecular complexity index is 237. The first-order valence-corrected chi connectivity index (χ1v) is 6.66. The molecule has 1 rings (SSSR count). The van der Waals surface area contributed by atoms with Crippen LogP contribution in [0.3, 0.4) is 0 Å². The first kappa shape index (κ1) is 13.7. The van der Waals surface area contributed by atoms with Crippen molar-refractivity contribution < 1.29 is 0 Å². The standard InChI is InChI=1S/C14H28N2/c1-5-14(4,13(15)11-12(2)3)16-9-7-6-8-10-16/h11,13H,5-10,15H2,1-4H3. The molecular weight excluding hydrogens is 196 g/mol. The summed E-state index contributed by atoms with van der Waals surface area (Å²) in [5.74, 6) is 0. The van der Waals surface area contributed by atoms with Gasteiger partial charge in [-0.2, -0.15) is 0 Å². The maximum atomic E-state index is 6.38. The van der Waals surface area contributed by atoms with Crippen molar-refractivity contribution in [2.24, 2.45) is 5.73 Å². The fourth-order valence-electron chi connectivity index (χ4n) is 2.61. The molecule has 2 N–H and O–H groups in total. The molecule has 2 atom stereocenters. The summed E-state index contributed by atoms with van der Waals surface area (Å²) in [4.78, 5) is 2.60. The Morgan fingerprint density at radius 1 is 1.31 bits per heavy atom. The second-order valence-corrected chi connectivity index (χ2v) is 5.53. The number of hydrogen-bond acceptors (Lipinski definition) is 2. The van der Waals surface area contributed by atoms with Crippen molar-refractivity contribution in [1.29, 1.82) is 0 Å². The minimum atomic E-state index is 0.137. The van der Waals surface area contributed by atoms with Crippen molar-refractivity contribution in [3.05, 3.63) is 11.6 Å². The molecule has 0 aromatic carbocycles. The van der Waals surface area contributed by atoms with Crippen LogP contribution in [0.1, 0.15) is 53.4 Å². The van der Waals surface area contributed by atoms with Gasteiger partial charge in [-0.3, -0.25) is 4.90 Å². The lowest BCUT2D eigenvalue weighted by Gasteiger charge is -2.46. The first-order valence-electron chi connectivity index (χ1n) is 6.66. The van der Waals surface area contributed by atoms with Gasteiger partial charge in [0.05, 0.1) is 0 Å². The zero-order chi connectivity index (χ0) is 12.2. The van der Waals surface area contributed by atoms with E-state index in [-0.39, 0.29) is 11.6 Å². The van der Waals surface area contributed by atoms with E-state index >= 15 is 0 Å². The maximum Gasteiger partial charge on any atom is 0.0411 e. The van der Waals surface area contributed by atoms with Gasteiger partial charge in [0.15, 0.2) is 0 Å². The Kier molecular flexibility index (Phi) is 5.00. The average molecular weight is 224 g/mol. The van der Waals surface area contributed by atoms with Gasteiger partial charge >= 0.3 is 0 Å². The molecule has 2 nitrogen and oxygen atoms in total. The van der Waals surface area contributed by atoms with Gasteiger partial charge in [-0.05, 0) is 53.1 Å². The van der Waals surface area contributed by atoms with Crippen LogP contribution in [-0.4, -0.2) is 29.6 Å². The Balaban J connectivity index is 2.78. The summed E-state index contributed by atoms with van der Waals surface area (Å²) in [6.45, 7) is 11.3. The summed E-state index contributed by atoms with van der Waals surface area (Å²) in [5.41, 5.74) is 7.84. The monoisotopic (exact) mass is 224 g/mol. The van der Waals surface area contributed by atoms with Crippen LogP contribution >= 0.6 is 0 Å². The molecule has 0 amide bonds. The third kappa shape index (κ3) is 3.08. The lowest BCUT2D eigenvalue weighted by Crippen LogP contribution is -2.58. The predicted molar refractivity (Wildman–Crippen MR) is 71.5 cm³/mol. The Morgan fingerprint density at radius 2 is 1.88 bits per heavy atom. The highest BCUT2D eigenvalue weighted by atomic mass is 15.2. The van der Waals surface area contributed by atoms with E-state index in [4.69, 9.17) is 5.73 Å². The summed E-state index contributed by atoms with van der Waals surface area (Å²) in [6.07, 6.45) is 7.39. The van der Waals surface area contributed by atoms with Gasteiger partial charge in [0.25, 0.3) is 0 Å². The molecule has 16 heavy (non-hydrogen) atoms. The molecular formula is C14H28N2. The van der Waals surface area contributed by atoms with Crippen molar-refractivity contribution in [1.82, 2.24) is 4.90 Å². The van der Waals surface area contributed by atoms with Crippen LogP contribution in [-0.2, 0) is 0 Å². The SMILES string of the molecule is CCC(C)(C(N)C=C(C)C)N1CCCCC1. The van der Waals surface area contributed by atoms with E-state index in [1.54, 1.807) is 0 Å². The molecule has 0 aliphatic carbocycles. The second kappa shape index (κ2) is 5.83. The predicted octanol–water partition coefficient (Wildman–Crippen LogP) is 2.93. The third-order valence-electron chi connectivity index (χ3n) is 4.03. The summed E-state index contributed by atoms with van der Waals surface area (Å²) in [6, 6.07) is 0.153. The number of nitrogens with two attached hydrogens (primary N) is 1. The smallest absolute Gasteiger partial charge is 0.0411 e. The Morgan fingerprint density at radius 3 is 2.31 bits per heavy atom. The molecule has 2 heteroatoms. The van der Waals surface area contributed by atoms with Gasteiger partial charge in [0.2, 0.25) is 0 Å². The lowest BCUT2D eigenvalue weighted by molar-refractivity contribution is 0.0662. The fraction of sp³-hybridized carbons (Fsp3) is 0.857. The van der Waals surface area contributed by atoms with Crippen molar-refractivity contribution in [2.45, 2.75) is 65.0 Å². The number of nitrogens with zero attached hydrogens (tertiary/aromatic N) is 1. The Hall–Kier alpha value is -0.340. The highest BCUT2D eigenvalue weighted by Crippen LogP contribution is 2.27. The zero-order valence-corrected chi connectivity index (χ0v) is 11.4. The summed E-state index contributed by atoms with van der Waals surface area (Å²) in [7, 11) is 0. The van der Waals surface area contributed by atoms with Gasteiger partial charge in [-0.15, -0.1) is 0 Å². The number of likely N-dealkylation sites (tertiary alicyclic amines) is 1. The van der Waals surface area contributed by atoms with Crippen LogP contribution < -0.4 is 5.73 Å². The molecule has 0 aromatic rings. The molecule has 0 radical (unpaired) electrons. The highest BCUT2D eigenvalue weighted by Gasteiger charge is 2.35. The topological polar surface area (TPSA) is 29.3 Å². The van der Waals surface area contributed by atoms with Crippen LogP contribution in [0.5, 0.6) is 0 Å². The van der Waals surface area contributed by atoms with E-state index in [1.807, 2.05) is 0 Å². The van der Waals surface area contributed by atoms with Gasteiger partial charge in [-0.25, -0.2) is 0 Å². The zero-order valence-electron chi connectivity index (χ0n) is 11.4. The van der Waals surface area contributed by atoms with E-state index in [0.29, 0.717) is 0 Å². The van der Waals surface area contributed by atoms with E-state index < -0.39 is 0 Å². The quantitative estimate of drug-likeness (QED) is 0.744. The van der Waals surface area contributed by atoms with E-state index in [0.717, 1.165) is 6.42 Å². The molecule has 1 saturated heterocycles. The molecule has 1 aliphatic rings. The van der Waals surface area contributed by atoms with Crippen molar-refractivity contribution in [2.75, 3.05) is 13.1 Å². The van der Waals surface area contributed by atoms with Gasteiger partial charge in [0.1, 0.15) is 0 Å². The molecule has 0 spiro atoms. The Labute approximate surface area is 101 Å². The summed E-state index contributed by atoms with van der Waals surface area (Å²) >= 11 is 0. The second-order valence-electron chi connectivity index (χ2n) is 5.53.